The third-order valence-electron chi connectivity index (χ3n) is 6.27. The van der Waals surface area contributed by atoms with E-state index in [1.807, 2.05) is 45.0 Å². The van der Waals surface area contributed by atoms with Crippen LogP contribution in [-0.4, -0.2) is 57.0 Å². The highest BCUT2D eigenvalue weighted by Gasteiger charge is 2.34. The Hall–Kier alpha value is -4.40. The number of pyridine rings is 1. The average molecular weight is 529 g/mol. The lowest BCUT2D eigenvalue weighted by Crippen LogP contribution is -2.53. The predicted octanol–water partition coefficient (Wildman–Crippen LogP) is 5.50. The van der Waals surface area contributed by atoms with E-state index in [9.17, 15) is 14.0 Å². The quantitative estimate of drug-likeness (QED) is 0.292. The van der Waals surface area contributed by atoms with Gasteiger partial charge in [0.25, 0.3) is 0 Å². The largest absolute Gasteiger partial charge is 0.476 e. The summed E-state index contributed by atoms with van der Waals surface area (Å²) in [5.41, 5.74) is 2.05. The molecule has 4 aromatic rings. The number of fused-ring (bicyclic) bond motifs is 1. The Balaban J connectivity index is 1.22. The van der Waals surface area contributed by atoms with Crippen LogP contribution in [0, 0.1) is 11.7 Å². The molecule has 0 aliphatic carbocycles. The first kappa shape index (κ1) is 26.2. The van der Waals surface area contributed by atoms with Crippen LogP contribution in [0.25, 0.3) is 22.0 Å². The Bertz CT molecular complexity index is 1510. The van der Waals surface area contributed by atoms with Gasteiger partial charge in [-0.2, -0.15) is 0 Å². The highest BCUT2D eigenvalue weighted by Crippen LogP contribution is 2.25. The number of Topliss-reactive ketones (excluding diaryl/α,β-unsaturated/α-hetero) is 1. The van der Waals surface area contributed by atoms with Crippen LogP contribution in [0.4, 0.5) is 9.18 Å². The summed E-state index contributed by atoms with van der Waals surface area (Å²) >= 11 is 0. The van der Waals surface area contributed by atoms with E-state index < -0.39 is 5.60 Å². The molecule has 1 fully saturated rings. The Morgan fingerprint density at radius 2 is 1.77 bits per heavy atom. The maximum atomic E-state index is 13.2. The number of nitrogens with zero attached hydrogens (tertiary/aromatic N) is 4. The van der Waals surface area contributed by atoms with E-state index in [1.165, 1.54) is 24.3 Å². The number of rotatable bonds is 7. The Kier molecular flexibility index (Phi) is 7.24. The second-order valence-electron chi connectivity index (χ2n) is 10.6. The summed E-state index contributed by atoms with van der Waals surface area (Å²) in [6, 6.07) is 13.2. The van der Waals surface area contributed by atoms with E-state index in [0.717, 1.165) is 16.3 Å². The van der Waals surface area contributed by atoms with Crippen molar-refractivity contribution < 1.29 is 23.5 Å². The number of hydrogen-bond acceptors (Lipinski definition) is 7. The molecule has 1 aliphatic rings. The third-order valence-corrected chi connectivity index (χ3v) is 6.27. The number of ketones is 1. The summed E-state index contributed by atoms with van der Waals surface area (Å²) in [7, 11) is 0. The van der Waals surface area contributed by atoms with Gasteiger partial charge < -0.3 is 14.4 Å². The summed E-state index contributed by atoms with van der Waals surface area (Å²) in [4.78, 5) is 39.7. The summed E-state index contributed by atoms with van der Waals surface area (Å²) in [6.45, 7) is 7.11. The molecule has 0 saturated carbocycles. The van der Waals surface area contributed by atoms with E-state index in [-0.39, 0.29) is 30.0 Å². The fourth-order valence-corrected chi connectivity index (χ4v) is 4.26. The van der Waals surface area contributed by atoms with Crippen LogP contribution in [0.15, 0.2) is 67.1 Å². The molecule has 3 heterocycles. The number of amides is 1. The molecule has 1 aliphatic heterocycles. The number of benzene rings is 2. The number of aromatic nitrogens is 3. The van der Waals surface area contributed by atoms with Crippen LogP contribution in [0.5, 0.6) is 5.88 Å². The van der Waals surface area contributed by atoms with Gasteiger partial charge in [0.1, 0.15) is 11.4 Å². The molecule has 0 atom stereocenters. The molecule has 200 valence electrons. The lowest BCUT2D eigenvalue weighted by Gasteiger charge is -2.39. The zero-order valence-corrected chi connectivity index (χ0v) is 22.1. The van der Waals surface area contributed by atoms with Gasteiger partial charge in [-0.05, 0) is 62.6 Å². The minimum absolute atomic E-state index is 0.113. The van der Waals surface area contributed by atoms with Crippen LogP contribution in [0.1, 0.15) is 36.8 Å². The molecule has 39 heavy (non-hydrogen) atoms. The maximum Gasteiger partial charge on any atom is 0.410 e. The SMILES string of the molecule is CC(C)(C)OC(=O)N1CC(COc2cncc(-c3ccc4cnc(CC(=O)c5ccc(F)cc5)cc4c3)n2)C1. The first-order valence-electron chi connectivity index (χ1n) is 12.7. The minimum Gasteiger partial charge on any atom is -0.476 e. The molecule has 0 unspecified atom stereocenters. The topological polar surface area (TPSA) is 94.5 Å². The Labute approximate surface area is 225 Å². The van der Waals surface area contributed by atoms with Crippen molar-refractivity contribution in [2.24, 2.45) is 5.92 Å². The predicted molar refractivity (Wildman–Crippen MR) is 144 cm³/mol. The van der Waals surface area contributed by atoms with Gasteiger partial charge in [-0.25, -0.2) is 14.2 Å². The molecule has 9 heteroatoms. The number of carbonyl (C=O) groups excluding carboxylic acids is 2. The molecule has 0 radical (unpaired) electrons. The van der Waals surface area contributed by atoms with Crippen molar-refractivity contribution in [3.63, 3.8) is 0 Å². The molecule has 0 spiro atoms. The zero-order chi connectivity index (χ0) is 27.6. The van der Waals surface area contributed by atoms with E-state index in [0.29, 0.717) is 42.5 Å². The molecule has 5 rings (SSSR count). The highest BCUT2D eigenvalue weighted by atomic mass is 19.1. The van der Waals surface area contributed by atoms with Gasteiger partial charge >= 0.3 is 6.09 Å². The van der Waals surface area contributed by atoms with E-state index in [4.69, 9.17) is 9.47 Å². The lowest BCUT2D eigenvalue weighted by atomic mass is 10.0. The van der Waals surface area contributed by atoms with Gasteiger partial charge in [0.15, 0.2) is 5.78 Å². The van der Waals surface area contributed by atoms with Crippen molar-refractivity contribution in [3.05, 3.63) is 84.2 Å². The minimum atomic E-state index is -0.517. The molecule has 0 N–H and O–H groups in total. The molecule has 8 nitrogen and oxygen atoms in total. The smallest absolute Gasteiger partial charge is 0.410 e. The number of carbonyl (C=O) groups is 2. The summed E-state index contributed by atoms with van der Waals surface area (Å²) < 4.78 is 24.4. The van der Waals surface area contributed by atoms with Crippen molar-refractivity contribution in [1.29, 1.82) is 0 Å². The second-order valence-corrected chi connectivity index (χ2v) is 10.6. The first-order chi connectivity index (χ1) is 18.6. The van der Waals surface area contributed by atoms with Crippen molar-refractivity contribution in [2.45, 2.75) is 32.8 Å². The summed E-state index contributed by atoms with van der Waals surface area (Å²) in [6.07, 6.45) is 4.77. The average Bonchev–Trinajstić information content (AvgIpc) is 2.87. The fraction of sp³-hybridized carbons (Fsp3) is 0.300. The zero-order valence-electron chi connectivity index (χ0n) is 22.1. The maximum absolute atomic E-state index is 13.2. The molecular formula is C30H29FN4O4. The Morgan fingerprint density at radius 1 is 1.00 bits per heavy atom. The van der Waals surface area contributed by atoms with Gasteiger partial charge in [-0.15, -0.1) is 0 Å². The van der Waals surface area contributed by atoms with Gasteiger partial charge in [-0.1, -0.05) is 12.1 Å². The number of ether oxygens (including phenoxy) is 2. The summed E-state index contributed by atoms with van der Waals surface area (Å²) in [5, 5.41) is 1.84. The van der Waals surface area contributed by atoms with Gasteiger partial charge in [-0.3, -0.25) is 14.8 Å². The molecular weight excluding hydrogens is 499 g/mol. The molecule has 1 saturated heterocycles. The van der Waals surface area contributed by atoms with Crippen LogP contribution < -0.4 is 4.74 Å². The van der Waals surface area contributed by atoms with Gasteiger partial charge in [0.05, 0.1) is 31.1 Å². The van der Waals surface area contributed by atoms with E-state index >= 15 is 0 Å². The molecule has 0 bridgehead atoms. The van der Waals surface area contributed by atoms with Crippen molar-refractivity contribution in [3.8, 4) is 17.1 Å². The molecule has 2 aromatic heterocycles. The first-order valence-corrected chi connectivity index (χ1v) is 12.7. The Morgan fingerprint density at radius 3 is 2.51 bits per heavy atom. The summed E-state index contributed by atoms with van der Waals surface area (Å²) in [5.74, 6) is 0.0959. The molecule has 1 amide bonds. The van der Waals surface area contributed by atoms with Gasteiger partial charge in [0.2, 0.25) is 5.88 Å². The normalized spacial score (nSPS) is 13.7. The number of halogens is 1. The fourth-order valence-electron chi connectivity index (χ4n) is 4.26. The monoisotopic (exact) mass is 528 g/mol. The van der Waals surface area contributed by atoms with E-state index in [1.54, 1.807) is 23.5 Å². The lowest BCUT2D eigenvalue weighted by molar-refractivity contribution is -0.00810. The van der Waals surface area contributed by atoms with Crippen molar-refractivity contribution in [2.75, 3.05) is 19.7 Å². The highest BCUT2D eigenvalue weighted by molar-refractivity contribution is 5.97. The number of likely N-dealkylation sites (tertiary alicyclic amines) is 1. The second kappa shape index (κ2) is 10.8. The van der Waals surface area contributed by atoms with Crippen LogP contribution in [-0.2, 0) is 11.2 Å². The van der Waals surface area contributed by atoms with Crippen molar-refractivity contribution in [1.82, 2.24) is 19.9 Å². The van der Waals surface area contributed by atoms with Crippen LogP contribution in [0.2, 0.25) is 0 Å². The van der Waals surface area contributed by atoms with Crippen LogP contribution >= 0.6 is 0 Å². The standard InChI is InChI=1S/C30H29FN4O4/c1-30(2,3)39-29(37)35-16-19(17-35)18-38-28-15-32-14-26(34-28)21-4-5-22-13-33-25(11-23(22)10-21)12-27(36)20-6-8-24(31)9-7-20/h4-11,13-15,19H,12,16-18H2,1-3H3. The number of hydrogen-bond donors (Lipinski definition) is 0. The van der Waals surface area contributed by atoms with Gasteiger partial charge in [0, 0.05) is 47.4 Å². The molecule has 2 aromatic carbocycles. The van der Waals surface area contributed by atoms with E-state index in [2.05, 4.69) is 15.0 Å². The van der Waals surface area contributed by atoms with Crippen LogP contribution in [0.3, 0.4) is 0 Å². The third kappa shape index (κ3) is 6.54. The van der Waals surface area contributed by atoms with Crippen molar-refractivity contribution >= 4 is 22.6 Å².